The highest BCUT2D eigenvalue weighted by atomic mass is 32.1. The number of hydrogen-bond donors (Lipinski definition) is 2. The van der Waals surface area contributed by atoms with Gasteiger partial charge in [-0.1, -0.05) is 44.2 Å². The van der Waals surface area contributed by atoms with Crippen LogP contribution >= 0.6 is 11.3 Å². The van der Waals surface area contributed by atoms with Gasteiger partial charge in [0.1, 0.15) is 0 Å². The van der Waals surface area contributed by atoms with Gasteiger partial charge in [-0.25, -0.2) is 4.98 Å². The van der Waals surface area contributed by atoms with E-state index in [1.807, 2.05) is 30.3 Å². The number of rotatable bonds is 5. The molecular weight excluding hydrogens is 288 g/mol. The van der Waals surface area contributed by atoms with Crippen molar-refractivity contribution in [3.63, 3.8) is 0 Å². The highest BCUT2D eigenvalue weighted by molar-refractivity contribution is 7.16. The van der Waals surface area contributed by atoms with Gasteiger partial charge in [-0.15, -0.1) is 11.3 Å². The monoisotopic (exact) mass is 304 g/mol. The lowest BCUT2D eigenvalue weighted by molar-refractivity contribution is -0.136. The molecule has 5 nitrogen and oxygen atoms in total. The summed E-state index contributed by atoms with van der Waals surface area (Å²) in [5.41, 5.74) is 1.46. The number of amides is 1. The molecule has 0 bridgehead atoms. The van der Waals surface area contributed by atoms with E-state index < -0.39 is 5.97 Å². The molecule has 0 spiro atoms. The number of nitrogens with zero attached hydrogens (tertiary/aromatic N) is 1. The minimum Gasteiger partial charge on any atom is -0.481 e. The second kappa shape index (κ2) is 6.49. The molecule has 0 saturated carbocycles. The van der Waals surface area contributed by atoms with Crippen LogP contribution in [0.4, 0.5) is 5.13 Å². The van der Waals surface area contributed by atoms with Gasteiger partial charge >= 0.3 is 5.97 Å². The van der Waals surface area contributed by atoms with Gasteiger partial charge in [-0.05, 0) is 0 Å². The van der Waals surface area contributed by atoms with Gasteiger partial charge in [0.05, 0.1) is 12.1 Å². The first-order chi connectivity index (χ1) is 9.97. The van der Waals surface area contributed by atoms with Crippen molar-refractivity contribution < 1.29 is 14.7 Å². The van der Waals surface area contributed by atoms with E-state index in [-0.39, 0.29) is 18.2 Å². The average molecular weight is 304 g/mol. The summed E-state index contributed by atoms with van der Waals surface area (Å²) in [6.45, 7) is 3.58. The van der Waals surface area contributed by atoms with E-state index in [0.29, 0.717) is 15.7 Å². The van der Waals surface area contributed by atoms with Crippen LogP contribution in [-0.2, 0) is 16.0 Å². The van der Waals surface area contributed by atoms with Crippen molar-refractivity contribution in [2.24, 2.45) is 5.92 Å². The number of hydrogen-bond acceptors (Lipinski definition) is 4. The van der Waals surface area contributed by atoms with E-state index in [1.54, 1.807) is 13.8 Å². The van der Waals surface area contributed by atoms with E-state index >= 15 is 0 Å². The Kier molecular flexibility index (Phi) is 4.70. The molecule has 0 aliphatic rings. The normalized spacial score (nSPS) is 10.6. The molecule has 1 aromatic carbocycles. The summed E-state index contributed by atoms with van der Waals surface area (Å²) in [6, 6.07) is 9.36. The predicted molar refractivity (Wildman–Crippen MR) is 82.4 cm³/mol. The topological polar surface area (TPSA) is 79.3 Å². The van der Waals surface area contributed by atoms with Gasteiger partial charge in [0.15, 0.2) is 5.13 Å². The van der Waals surface area contributed by atoms with Crippen LogP contribution < -0.4 is 5.32 Å². The molecular formula is C15H16N2O3S. The maximum absolute atomic E-state index is 11.7. The molecule has 2 rings (SSSR count). The minimum atomic E-state index is -0.919. The summed E-state index contributed by atoms with van der Waals surface area (Å²) >= 11 is 1.20. The van der Waals surface area contributed by atoms with Crippen LogP contribution in [0, 0.1) is 5.92 Å². The van der Waals surface area contributed by atoms with Crippen molar-refractivity contribution in [1.82, 2.24) is 4.98 Å². The fourth-order valence-electron chi connectivity index (χ4n) is 1.73. The van der Waals surface area contributed by atoms with Crippen molar-refractivity contribution in [2.45, 2.75) is 20.3 Å². The predicted octanol–water partition coefficient (Wildman–Crippen LogP) is 3.03. The smallest absolute Gasteiger partial charge is 0.308 e. The van der Waals surface area contributed by atoms with Gasteiger partial charge in [0, 0.05) is 16.4 Å². The van der Waals surface area contributed by atoms with E-state index in [0.717, 1.165) is 5.56 Å². The lowest BCUT2D eigenvalue weighted by Gasteiger charge is -2.03. The van der Waals surface area contributed by atoms with Crippen LogP contribution in [0.1, 0.15) is 18.7 Å². The fraction of sp³-hybridized carbons (Fsp3) is 0.267. The molecule has 21 heavy (non-hydrogen) atoms. The number of carboxylic acid groups (broad SMARTS) is 1. The molecule has 1 aromatic heterocycles. The summed E-state index contributed by atoms with van der Waals surface area (Å²) in [6.07, 6.45) is -0.112. The van der Waals surface area contributed by atoms with Crippen molar-refractivity contribution >= 4 is 28.3 Å². The van der Waals surface area contributed by atoms with Crippen LogP contribution in [0.15, 0.2) is 30.3 Å². The summed E-state index contributed by atoms with van der Waals surface area (Å²) in [4.78, 5) is 27.7. The van der Waals surface area contributed by atoms with Crippen LogP contribution in [-0.4, -0.2) is 22.0 Å². The molecule has 0 saturated heterocycles. The maximum atomic E-state index is 11.7. The first-order valence-corrected chi connectivity index (χ1v) is 7.36. The Balaban J connectivity index is 2.36. The molecule has 2 aromatic rings. The Morgan fingerprint density at radius 3 is 2.52 bits per heavy atom. The summed E-state index contributed by atoms with van der Waals surface area (Å²) in [5.74, 6) is -1.21. The van der Waals surface area contributed by atoms with Gasteiger partial charge in [-0.3, -0.25) is 9.59 Å². The fourth-order valence-corrected chi connectivity index (χ4v) is 2.71. The lowest BCUT2D eigenvalue weighted by atomic mass is 10.1. The molecule has 0 aliphatic heterocycles. The zero-order valence-corrected chi connectivity index (χ0v) is 12.6. The third-order valence-electron chi connectivity index (χ3n) is 2.81. The van der Waals surface area contributed by atoms with Gasteiger partial charge in [-0.2, -0.15) is 0 Å². The number of benzene rings is 1. The Labute approximate surface area is 126 Å². The van der Waals surface area contributed by atoms with Crippen molar-refractivity contribution in [2.75, 3.05) is 5.32 Å². The number of nitrogens with one attached hydrogen (secondary N) is 1. The molecule has 0 fully saturated rings. The molecule has 0 unspecified atom stereocenters. The van der Waals surface area contributed by atoms with Gasteiger partial charge in [0.25, 0.3) is 0 Å². The number of thiazole rings is 1. The van der Waals surface area contributed by atoms with E-state index in [4.69, 9.17) is 5.11 Å². The Morgan fingerprint density at radius 2 is 1.95 bits per heavy atom. The third kappa shape index (κ3) is 3.88. The lowest BCUT2D eigenvalue weighted by Crippen LogP contribution is -2.17. The SMILES string of the molecule is CC(C)C(=O)Nc1nc(-c2ccccc2)c(CC(=O)O)s1. The number of carbonyl (C=O) groups excluding carboxylic acids is 1. The highest BCUT2D eigenvalue weighted by Gasteiger charge is 2.17. The second-order valence-electron chi connectivity index (χ2n) is 4.87. The molecule has 0 atom stereocenters. The highest BCUT2D eigenvalue weighted by Crippen LogP contribution is 2.31. The van der Waals surface area contributed by atoms with Crippen molar-refractivity contribution in [3.8, 4) is 11.3 Å². The van der Waals surface area contributed by atoms with Crippen LogP contribution in [0.5, 0.6) is 0 Å². The zero-order chi connectivity index (χ0) is 15.4. The molecule has 110 valence electrons. The summed E-state index contributed by atoms with van der Waals surface area (Å²) in [5, 5.41) is 12.2. The van der Waals surface area contributed by atoms with E-state index in [1.165, 1.54) is 11.3 Å². The maximum Gasteiger partial charge on any atom is 0.308 e. The number of carboxylic acids is 1. The molecule has 2 N–H and O–H groups in total. The summed E-state index contributed by atoms with van der Waals surface area (Å²) < 4.78 is 0. The Bertz CT molecular complexity index is 650. The van der Waals surface area contributed by atoms with Crippen LogP contribution in [0.25, 0.3) is 11.3 Å². The third-order valence-corrected chi connectivity index (χ3v) is 3.78. The molecule has 6 heteroatoms. The molecule has 0 aliphatic carbocycles. The van der Waals surface area contributed by atoms with Crippen molar-refractivity contribution in [1.29, 1.82) is 0 Å². The Hall–Kier alpha value is -2.21. The molecule has 1 amide bonds. The first kappa shape index (κ1) is 15.2. The van der Waals surface area contributed by atoms with Gasteiger partial charge in [0.2, 0.25) is 5.91 Å². The van der Waals surface area contributed by atoms with Crippen molar-refractivity contribution in [3.05, 3.63) is 35.2 Å². The van der Waals surface area contributed by atoms with E-state index in [2.05, 4.69) is 10.3 Å². The number of aliphatic carboxylic acids is 1. The zero-order valence-electron chi connectivity index (χ0n) is 11.8. The standard InChI is InChI=1S/C15H16N2O3S/c1-9(2)14(20)17-15-16-13(10-6-4-3-5-7-10)11(21-15)8-12(18)19/h3-7,9H,8H2,1-2H3,(H,18,19)(H,16,17,20). The van der Waals surface area contributed by atoms with Crippen LogP contribution in [0.3, 0.4) is 0 Å². The Morgan fingerprint density at radius 1 is 1.29 bits per heavy atom. The molecule has 0 radical (unpaired) electrons. The average Bonchev–Trinajstić information content (AvgIpc) is 2.81. The largest absolute Gasteiger partial charge is 0.481 e. The number of carbonyl (C=O) groups is 2. The molecule has 1 heterocycles. The number of aromatic nitrogens is 1. The first-order valence-electron chi connectivity index (χ1n) is 6.55. The quantitative estimate of drug-likeness (QED) is 0.890. The number of anilines is 1. The second-order valence-corrected chi connectivity index (χ2v) is 5.95. The van der Waals surface area contributed by atoms with E-state index in [9.17, 15) is 9.59 Å². The summed E-state index contributed by atoms with van der Waals surface area (Å²) in [7, 11) is 0. The van der Waals surface area contributed by atoms with Crippen LogP contribution in [0.2, 0.25) is 0 Å². The van der Waals surface area contributed by atoms with Gasteiger partial charge < -0.3 is 10.4 Å². The minimum absolute atomic E-state index is 0.112.